The zero-order chi connectivity index (χ0) is 18.9. The van der Waals surface area contributed by atoms with Crippen molar-refractivity contribution in [3.63, 3.8) is 0 Å². The van der Waals surface area contributed by atoms with E-state index in [-0.39, 0.29) is 15.3 Å². The average Bonchev–Trinajstić information content (AvgIpc) is 3.03. The molecule has 0 amide bonds. The molecule has 0 radical (unpaired) electrons. The van der Waals surface area contributed by atoms with Gasteiger partial charge in [0.25, 0.3) is 0 Å². The van der Waals surface area contributed by atoms with E-state index in [1.807, 2.05) is 20.8 Å². The molecule has 2 aromatic rings. The highest BCUT2D eigenvalue weighted by Crippen LogP contribution is 2.42. The van der Waals surface area contributed by atoms with Gasteiger partial charge in [0, 0.05) is 17.5 Å². The summed E-state index contributed by atoms with van der Waals surface area (Å²) in [5.74, 6) is 0.523. The minimum atomic E-state index is -3.59. The number of aromatic nitrogens is 1. The minimum absolute atomic E-state index is 0.119. The van der Waals surface area contributed by atoms with Crippen LogP contribution in [0.25, 0.3) is 11.1 Å². The minimum Gasteiger partial charge on any atom is -0.439 e. The van der Waals surface area contributed by atoms with Gasteiger partial charge in [-0.15, -0.1) is 0 Å². The first-order chi connectivity index (χ1) is 12.1. The van der Waals surface area contributed by atoms with Gasteiger partial charge in [-0.3, -0.25) is 0 Å². The summed E-state index contributed by atoms with van der Waals surface area (Å²) in [5.41, 5.74) is 0.543. The van der Waals surface area contributed by atoms with Crippen molar-refractivity contribution in [2.75, 3.05) is 7.05 Å². The fraction of sp³-hybridized carbons (Fsp3) is 0.632. The van der Waals surface area contributed by atoms with Crippen molar-refractivity contribution in [1.29, 1.82) is 0 Å². The van der Waals surface area contributed by atoms with Gasteiger partial charge in [0.05, 0.1) is 10.3 Å². The third-order valence-electron chi connectivity index (χ3n) is 5.88. The van der Waals surface area contributed by atoms with Crippen LogP contribution in [-0.4, -0.2) is 42.7 Å². The Balaban J connectivity index is 1.82. The molecular weight excluding hydrogens is 372 g/mol. The number of benzene rings is 1. The smallest absolute Gasteiger partial charge is 0.200 e. The van der Waals surface area contributed by atoms with Crippen molar-refractivity contribution >= 4 is 32.5 Å². The van der Waals surface area contributed by atoms with E-state index in [9.17, 15) is 8.42 Å². The summed E-state index contributed by atoms with van der Waals surface area (Å²) in [6, 6.07) is 4.03. The van der Waals surface area contributed by atoms with Crippen LogP contribution in [0, 0.1) is 0 Å². The molecule has 2 aliphatic heterocycles. The Morgan fingerprint density at radius 2 is 1.81 bits per heavy atom. The molecule has 1 aromatic heterocycles. The van der Waals surface area contributed by atoms with Crippen LogP contribution in [0.4, 0.5) is 0 Å². The third kappa shape index (κ3) is 2.77. The SMILES string of the molecule is CN1[C@@H]2CC[C@H]1C[C@H](S(=O)(=O)c1c(Cl)ccc3nc(C(C)(C)C)oc13)C2. The Bertz CT molecular complexity index is 947. The van der Waals surface area contributed by atoms with E-state index in [1.54, 1.807) is 12.1 Å². The second-order valence-corrected chi connectivity index (χ2v) is 11.3. The molecule has 2 fully saturated rings. The summed E-state index contributed by atoms with van der Waals surface area (Å²) < 4.78 is 33.0. The summed E-state index contributed by atoms with van der Waals surface area (Å²) in [6.07, 6.45) is 3.45. The van der Waals surface area contributed by atoms with Gasteiger partial charge >= 0.3 is 0 Å². The molecule has 2 aliphatic rings. The Morgan fingerprint density at radius 3 is 2.38 bits per heavy atom. The van der Waals surface area contributed by atoms with E-state index >= 15 is 0 Å². The Hall–Kier alpha value is -1.11. The summed E-state index contributed by atoms with van der Waals surface area (Å²) in [6.45, 7) is 5.96. The van der Waals surface area contributed by atoms with Crippen molar-refractivity contribution in [3.8, 4) is 0 Å². The van der Waals surface area contributed by atoms with Crippen LogP contribution >= 0.6 is 11.6 Å². The molecule has 0 N–H and O–H groups in total. The van der Waals surface area contributed by atoms with Crippen molar-refractivity contribution in [2.24, 2.45) is 0 Å². The second-order valence-electron chi connectivity index (χ2n) is 8.68. The number of fused-ring (bicyclic) bond motifs is 3. The Kier molecular flexibility index (Phi) is 4.18. The highest BCUT2D eigenvalue weighted by Gasteiger charge is 2.45. The standard InChI is InChI=1S/C19H25ClN2O3S/c1-19(2,3)18-21-15-8-7-14(20)17(16(15)25-18)26(23,24)13-9-11-5-6-12(10-13)22(11)4/h7-8,11-13H,5-6,9-10H2,1-4H3/t11-,12+,13-. The maximum atomic E-state index is 13.5. The molecule has 3 heterocycles. The summed E-state index contributed by atoms with van der Waals surface area (Å²) in [4.78, 5) is 6.95. The molecule has 26 heavy (non-hydrogen) atoms. The number of hydrogen-bond acceptors (Lipinski definition) is 5. The monoisotopic (exact) mass is 396 g/mol. The number of halogens is 1. The number of hydrogen-bond donors (Lipinski definition) is 0. The normalized spacial score (nSPS) is 27.3. The van der Waals surface area contributed by atoms with E-state index in [1.165, 1.54) is 0 Å². The molecule has 1 aromatic carbocycles. The molecule has 3 atom stereocenters. The van der Waals surface area contributed by atoms with Gasteiger partial charge in [-0.2, -0.15) is 0 Å². The van der Waals surface area contributed by atoms with E-state index < -0.39 is 15.1 Å². The number of piperidine rings is 1. The number of oxazole rings is 1. The van der Waals surface area contributed by atoms with Gasteiger partial charge in [0.2, 0.25) is 5.89 Å². The van der Waals surface area contributed by atoms with Crippen LogP contribution in [0.15, 0.2) is 21.4 Å². The molecule has 7 heteroatoms. The molecule has 0 aliphatic carbocycles. The van der Waals surface area contributed by atoms with Crippen molar-refractivity contribution < 1.29 is 12.8 Å². The van der Waals surface area contributed by atoms with Gasteiger partial charge in [0.15, 0.2) is 15.4 Å². The molecule has 0 unspecified atom stereocenters. The van der Waals surface area contributed by atoms with Crippen LogP contribution in [-0.2, 0) is 15.3 Å². The quantitative estimate of drug-likeness (QED) is 0.761. The summed E-state index contributed by atoms with van der Waals surface area (Å²) in [7, 11) is -1.49. The largest absolute Gasteiger partial charge is 0.439 e. The van der Waals surface area contributed by atoms with E-state index in [0.29, 0.717) is 41.9 Å². The van der Waals surface area contributed by atoms with Crippen molar-refractivity contribution in [1.82, 2.24) is 9.88 Å². The lowest BCUT2D eigenvalue weighted by atomic mass is 9.97. The van der Waals surface area contributed by atoms with Crippen molar-refractivity contribution in [3.05, 3.63) is 23.0 Å². The molecule has 2 saturated heterocycles. The van der Waals surface area contributed by atoms with Gasteiger partial charge in [-0.05, 0) is 44.9 Å². The van der Waals surface area contributed by atoms with E-state index in [2.05, 4.69) is 16.9 Å². The number of nitrogens with zero attached hydrogens (tertiary/aromatic N) is 2. The van der Waals surface area contributed by atoms with Crippen LogP contribution in [0.2, 0.25) is 5.02 Å². The highest BCUT2D eigenvalue weighted by atomic mass is 35.5. The zero-order valence-corrected chi connectivity index (χ0v) is 17.2. The predicted octanol–water partition coefficient (Wildman–Crippen LogP) is 4.18. The van der Waals surface area contributed by atoms with Crippen LogP contribution in [0.5, 0.6) is 0 Å². The molecule has 5 nitrogen and oxygen atoms in total. The fourth-order valence-corrected chi connectivity index (χ4v) is 6.81. The van der Waals surface area contributed by atoms with Gasteiger partial charge < -0.3 is 9.32 Å². The summed E-state index contributed by atoms with van der Waals surface area (Å²) >= 11 is 6.37. The maximum absolute atomic E-state index is 13.5. The van der Waals surface area contributed by atoms with E-state index in [0.717, 1.165) is 12.8 Å². The van der Waals surface area contributed by atoms with Crippen LogP contribution < -0.4 is 0 Å². The first kappa shape index (κ1) is 18.3. The molecular formula is C19H25ClN2O3S. The Morgan fingerprint density at radius 1 is 1.19 bits per heavy atom. The molecule has 142 valence electrons. The Labute approximate surface area is 159 Å². The van der Waals surface area contributed by atoms with Gasteiger partial charge in [-0.25, -0.2) is 13.4 Å². The second kappa shape index (κ2) is 5.94. The topological polar surface area (TPSA) is 63.4 Å². The highest BCUT2D eigenvalue weighted by molar-refractivity contribution is 7.92. The third-order valence-corrected chi connectivity index (χ3v) is 8.55. The first-order valence-corrected chi connectivity index (χ1v) is 11.1. The number of rotatable bonds is 2. The lowest BCUT2D eigenvalue weighted by Crippen LogP contribution is -2.44. The van der Waals surface area contributed by atoms with Gasteiger partial charge in [0.1, 0.15) is 10.4 Å². The van der Waals surface area contributed by atoms with Crippen LogP contribution in [0.3, 0.4) is 0 Å². The first-order valence-electron chi connectivity index (χ1n) is 9.14. The van der Waals surface area contributed by atoms with Crippen molar-refractivity contribution in [2.45, 2.75) is 74.1 Å². The fourth-order valence-electron chi connectivity index (χ4n) is 4.31. The van der Waals surface area contributed by atoms with Crippen LogP contribution in [0.1, 0.15) is 52.3 Å². The zero-order valence-electron chi connectivity index (χ0n) is 15.6. The average molecular weight is 397 g/mol. The lowest BCUT2D eigenvalue weighted by molar-refractivity contribution is 0.180. The maximum Gasteiger partial charge on any atom is 0.200 e. The predicted molar refractivity (Wildman–Crippen MR) is 102 cm³/mol. The molecule has 0 spiro atoms. The molecule has 4 rings (SSSR count). The molecule has 0 saturated carbocycles. The molecule has 2 bridgehead atoms. The van der Waals surface area contributed by atoms with E-state index in [4.69, 9.17) is 16.0 Å². The summed E-state index contributed by atoms with van der Waals surface area (Å²) in [5, 5.41) is -0.192. The lowest BCUT2D eigenvalue weighted by Gasteiger charge is -2.35. The number of sulfone groups is 1. The van der Waals surface area contributed by atoms with Gasteiger partial charge in [-0.1, -0.05) is 32.4 Å².